The zero-order valence-electron chi connectivity index (χ0n) is 6.34. The van der Waals surface area contributed by atoms with Gasteiger partial charge >= 0.3 is 0 Å². The van der Waals surface area contributed by atoms with Crippen LogP contribution in [0.15, 0.2) is 24.4 Å². The highest BCUT2D eigenvalue weighted by molar-refractivity contribution is 5.01. The normalized spacial score (nSPS) is 7.90. The Morgan fingerprint density at radius 1 is 1.40 bits per heavy atom. The quantitative estimate of drug-likeness (QED) is 0.585. The van der Waals surface area contributed by atoms with Crippen molar-refractivity contribution in [1.29, 1.82) is 0 Å². The topological polar surface area (TPSA) is 12.9 Å². The van der Waals surface area contributed by atoms with E-state index in [4.69, 9.17) is 0 Å². The Morgan fingerprint density at radius 2 is 2.10 bits per heavy atom. The van der Waals surface area contributed by atoms with Crippen LogP contribution >= 0.6 is 0 Å². The fourth-order valence-corrected chi connectivity index (χ4v) is 0.477. The highest BCUT2D eigenvalue weighted by atomic mass is 19.1. The lowest BCUT2D eigenvalue weighted by atomic mass is 10.4. The van der Waals surface area contributed by atoms with Crippen LogP contribution in [0.25, 0.3) is 0 Å². The van der Waals surface area contributed by atoms with Crippen LogP contribution in [0.2, 0.25) is 0 Å². The van der Waals surface area contributed by atoms with Gasteiger partial charge in [0, 0.05) is 6.20 Å². The molecule has 0 aliphatic rings. The summed E-state index contributed by atoms with van der Waals surface area (Å²) < 4.78 is 11.7. The Kier molecular flexibility index (Phi) is 5.63. The minimum atomic E-state index is -0.471. The maximum absolute atomic E-state index is 11.7. The number of alkyl halides is 1. The van der Waals surface area contributed by atoms with Crippen LogP contribution < -0.4 is 0 Å². The van der Waals surface area contributed by atoms with Crippen molar-refractivity contribution in [2.24, 2.45) is 0 Å². The van der Waals surface area contributed by atoms with Crippen molar-refractivity contribution in [3.05, 3.63) is 30.1 Å². The van der Waals surface area contributed by atoms with Crippen molar-refractivity contribution in [3.8, 4) is 0 Å². The summed E-state index contributed by atoms with van der Waals surface area (Å²) in [5.74, 6) is 0. The molecule has 0 saturated carbocycles. The highest BCUT2D eigenvalue weighted by Gasteiger charge is 1.84. The third-order valence-corrected chi connectivity index (χ3v) is 0.863. The molecule has 0 fully saturated rings. The van der Waals surface area contributed by atoms with Crippen LogP contribution in [-0.2, 0) is 6.67 Å². The molecule has 1 aromatic rings. The second-order valence-corrected chi connectivity index (χ2v) is 1.45. The largest absolute Gasteiger partial charge is 0.259 e. The van der Waals surface area contributed by atoms with Gasteiger partial charge in [-0.3, -0.25) is 4.98 Å². The number of pyridine rings is 1. The third kappa shape index (κ3) is 3.17. The predicted molar refractivity (Wildman–Crippen MR) is 40.4 cm³/mol. The minimum Gasteiger partial charge on any atom is -0.259 e. The summed E-state index contributed by atoms with van der Waals surface area (Å²) in [6, 6.07) is 5.18. The number of halogens is 1. The van der Waals surface area contributed by atoms with Crippen molar-refractivity contribution in [2.75, 3.05) is 0 Å². The van der Waals surface area contributed by atoms with Gasteiger partial charge in [-0.15, -0.1) is 0 Å². The number of rotatable bonds is 1. The van der Waals surface area contributed by atoms with Crippen molar-refractivity contribution < 1.29 is 4.39 Å². The van der Waals surface area contributed by atoms with E-state index < -0.39 is 6.67 Å². The minimum absolute atomic E-state index is 0.471. The fraction of sp³-hybridized carbons (Fsp3) is 0.375. The van der Waals surface area contributed by atoms with E-state index in [1.54, 1.807) is 24.4 Å². The lowest BCUT2D eigenvalue weighted by Crippen LogP contribution is -1.80. The van der Waals surface area contributed by atoms with Gasteiger partial charge in [0.05, 0.1) is 5.69 Å². The van der Waals surface area contributed by atoms with Gasteiger partial charge in [-0.25, -0.2) is 4.39 Å². The van der Waals surface area contributed by atoms with Gasteiger partial charge in [-0.05, 0) is 12.1 Å². The van der Waals surface area contributed by atoms with Gasteiger partial charge in [-0.2, -0.15) is 0 Å². The summed E-state index contributed by atoms with van der Waals surface area (Å²) in [5.41, 5.74) is 0.493. The molecule has 0 bridgehead atoms. The summed E-state index contributed by atoms with van der Waals surface area (Å²) in [4.78, 5) is 3.72. The predicted octanol–water partition coefficient (Wildman–Crippen LogP) is 2.58. The SMILES string of the molecule is CC.FCc1ccccn1. The summed E-state index contributed by atoms with van der Waals surface area (Å²) in [6.45, 7) is 3.53. The van der Waals surface area contributed by atoms with Crippen molar-refractivity contribution in [1.82, 2.24) is 4.98 Å². The molecule has 56 valence electrons. The van der Waals surface area contributed by atoms with Crippen LogP contribution in [0.3, 0.4) is 0 Å². The molecule has 0 amide bonds. The molecule has 0 N–H and O–H groups in total. The van der Waals surface area contributed by atoms with Crippen molar-refractivity contribution in [2.45, 2.75) is 20.5 Å². The van der Waals surface area contributed by atoms with Crippen LogP contribution in [0.5, 0.6) is 0 Å². The van der Waals surface area contributed by atoms with Gasteiger partial charge in [0.1, 0.15) is 6.67 Å². The van der Waals surface area contributed by atoms with E-state index in [0.717, 1.165) is 0 Å². The molecule has 0 saturated heterocycles. The Morgan fingerprint density at radius 3 is 2.40 bits per heavy atom. The molecule has 2 heteroatoms. The first-order chi connectivity index (χ1) is 4.93. The van der Waals surface area contributed by atoms with Crippen LogP contribution in [-0.4, -0.2) is 4.98 Å². The number of aromatic nitrogens is 1. The molecule has 0 radical (unpaired) electrons. The van der Waals surface area contributed by atoms with Gasteiger partial charge in [0.25, 0.3) is 0 Å². The molecule has 0 unspecified atom stereocenters. The molecule has 1 aromatic heterocycles. The second kappa shape index (κ2) is 6.20. The lowest BCUT2D eigenvalue weighted by Gasteiger charge is -1.86. The van der Waals surface area contributed by atoms with Gasteiger partial charge in [0.15, 0.2) is 0 Å². The first kappa shape index (κ1) is 9.08. The zero-order chi connectivity index (χ0) is 7.82. The van der Waals surface area contributed by atoms with Gasteiger partial charge in [0.2, 0.25) is 0 Å². The Balaban J connectivity index is 0.000000371. The molecule has 0 spiro atoms. The first-order valence-electron chi connectivity index (χ1n) is 3.39. The maximum Gasteiger partial charge on any atom is 0.131 e. The van der Waals surface area contributed by atoms with Crippen LogP contribution in [0.1, 0.15) is 19.5 Å². The molecule has 0 aromatic carbocycles. The molecule has 1 rings (SSSR count). The Hall–Kier alpha value is -0.920. The Labute approximate surface area is 60.9 Å². The molecular formula is C8H12FN. The highest BCUT2D eigenvalue weighted by Crippen LogP contribution is 1.93. The molecule has 1 heterocycles. The van der Waals surface area contributed by atoms with Gasteiger partial charge in [-0.1, -0.05) is 19.9 Å². The number of hydrogen-bond donors (Lipinski definition) is 0. The zero-order valence-corrected chi connectivity index (χ0v) is 6.34. The van der Waals surface area contributed by atoms with E-state index in [0.29, 0.717) is 5.69 Å². The van der Waals surface area contributed by atoms with Crippen molar-refractivity contribution in [3.63, 3.8) is 0 Å². The average Bonchev–Trinajstić information content (AvgIpc) is 2.10. The molecule has 1 nitrogen and oxygen atoms in total. The number of nitrogens with zero attached hydrogens (tertiary/aromatic N) is 1. The molecular weight excluding hydrogens is 129 g/mol. The molecule has 0 aliphatic carbocycles. The lowest BCUT2D eigenvalue weighted by molar-refractivity contribution is 0.476. The van der Waals surface area contributed by atoms with Gasteiger partial charge < -0.3 is 0 Å². The van der Waals surface area contributed by atoms with E-state index in [-0.39, 0.29) is 0 Å². The monoisotopic (exact) mass is 141 g/mol. The van der Waals surface area contributed by atoms with E-state index in [9.17, 15) is 4.39 Å². The number of hydrogen-bond acceptors (Lipinski definition) is 1. The van der Waals surface area contributed by atoms with Crippen molar-refractivity contribution >= 4 is 0 Å². The Bertz CT molecular complexity index is 151. The summed E-state index contributed by atoms with van der Waals surface area (Å²) in [7, 11) is 0. The average molecular weight is 141 g/mol. The van der Waals surface area contributed by atoms with E-state index in [2.05, 4.69) is 4.98 Å². The molecule has 0 aliphatic heterocycles. The van der Waals surface area contributed by atoms with Crippen LogP contribution in [0, 0.1) is 0 Å². The van der Waals surface area contributed by atoms with Crippen LogP contribution in [0.4, 0.5) is 4.39 Å². The fourth-order valence-electron chi connectivity index (χ4n) is 0.477. The summed E-state index contributed by atoms with van der Waals surface area (Å²) in [6.07, 6.45) is 1.58. The second-order valence-electron chi connectivity index (χ2n) is 1.45. The van der Waals surface area contributed by atoms with E-state index in [1.807, 2.05) is 13.8 Å². The maximum atomic E-state index is 11.7. The molecule has 10 heavy (non-hydrogen) atoms. The first-order valence-corrected chi connectivity index (χ1v) is 3.39. The van der Waals surface area contributed by atoms with E-state index in [1.165, 1.54) is 0 Å². The standard InChI is InChI=1S/C6H6FN.C2H6/c7-5-6-3-1-2-4-8-6;1-2/h1-4H,5H2;1-2H3. The summed E-state index contributed by atoms with van der Waals surface area (Å²) >= 11 is 0. The molecule has 0 atom stereocenters. The third-order valence-electron chi connectivity index (χ3n) is 0.863. The summed E-state index contributed by atoms with van der Waals surface area (Å²) in [5, 5.41) is 0. The van der Waals surface area contributed by atoms with E-state index >= 15 is 0 Å². The smallest absolute Gasteiger partial charge is 0.131 e.